The number of aromatic nitrogens is 4. The average Bonchev–Trinajstić information content (AvgIpc) is 3.14. The fraction of sp³-hybridized carbons (Fsp3) is 0.588. The number of aryl methyl sites for hydroxylation is 3. The SMILES string of the molecule is Cc1cc(C)n(C[C@@H]2CN(c3ncnc4c3CCC4)CCO2)n1. The minimum atomic E-state index is 0.147. The van der Waals surface area contributed by atoms with Crippen molar-refractivity contribution in [1.29, 1.82) is 0 Å². The normalized spacial score (nSPS) is 20.8. The summed E-state index contributed by atoms with van der Waals surface area (Å²) in [6.07, 6.45) is 5.25. The van der Waals surface area contributed by atoms with Gasteiger partial charge in [0.2, 0.25) is 0 Å². The molecule has 122 valence electrons. The van der Waals surface area contributed by atoms with Crippen molar-refractivity contribution in [1.82, 2.24) is 19.7 Å². The van der Waals surface area contributed by atoms with E-state index in [-0.39, 0.29) is 6.10 Å². The molecule has 6 heteroatoms. The summed E-state index contributed by atoms with van der Waals surface area (Å²) in [7, 11) is 0. The molecule has 2 aromatic rings. The number of nitrogens with zero attached hydrogens (tertiary/aromatic N) is 5. The van der Waals surface area contributed by atoms with Gasteiger partial charge in [0.1, 0.15) is 12.1 Å². The van der Waals surface area contributed by atoms with Crippen LogP contribution < -0.4 is 4.90 Å². The molecule has 1 atom stereocenters. The van der Waals surface area contributed by atoms with Crippen LogP contribution in [-0.4, -0.2) is 45.5 Å². The van der Waals surface area contributed by atoms with Crippen molar-refractivity contribution in [3.8, 4) is 0 Å². The summed E-state index contributed by atoms with van der Waals surface area (Å²) in [4.78, 5) is 11.4. The third-order valence-corrected chi connectivity index (χ3v) is 4.77. The summed E-state index contributed by atoms with van der Waals surface area (Å²) in [5.41, 5.74) is 4.82. The van der Waals surface area contributed by atoms with Crippen LogP contribution >= 0.6 is 0 Å². The molecule has 1 aliphatic heterocycles. The lowest BCUT2D eigenvalue weighted by atomic mass is 10.2. The molecule has 0 saturated carbocycles. The van der Waals surface area contributed by atoms with Crippen LogP contribution in [0.25, 0.3) is 0 Å². The van der Waals surface area contributed by atoms with Crippen molar-refractivity contribution >= 4 is 5.82 Å². The Kier molecular flexibility index (Phi) is 3.77. The van der Waals surface area contributed by atoms with Crippen molar-refractivity contribution in [3.63, 3.8) is 0 Å². The summed E-state index contributed by atoms with van der Waals surface area (Å²) in [6.45, 7) is 7.42. The first-order valence-electron chi connectivity index (χ1n) is 8.41. The minimum Gasteiger partial charge on any atom is -0.373 e. The summed E-state index contributed by atoms with van der Waals surface area (Å²) in [5.74, 6) is 1.12. The van der Waals surface area contributed by atoms with Crippen LogP contribution in [0.2, 0.25) is 0 Å². The average molecular weight is 313 g/mol. The first-order valence-corrected chi connectivity index (χ1v) is 8.41. The molecule has 0 unspecified atom stereocenters. The Morgan fingerprint density at radius 3 is 3.00 bits per heavy atom. The Morgan fingerprint density at radius 1 is 1.26 bits per heavy atom. The van der Waals surface area contributed by atoms with E-state index in [0.29, 0.717) is 0 Å². The molecule has 0 amide bonds. The minimum absolute atomic E-state index is 0.147. The van der Waals surface area contributed by atoms with Gasteiger partial charge in [0.05, 0.1) is 24.9 Å². The fourth-order valence-electron chi connectivity index (χ4n) is 3.69. The number of hydrogen-bond acceptors (Lipinski definition) is 5. The molecule has 0 spiro atoms. The first-order chi connectivity index (χ1) is 11.2. The number of fused-ring (bicyclic) bond motifs is 1. The molecule has 1 saturated heterocycles. The predicted octanol–water partition coefficient (Wildman–Crippen LogP) is 1.68. The summed E-state index contributed by atoms with van der Waals surface area (Å²) >= 11 is 0. The quantitative estimate of drug-likeness (QED) is 0.863. The highest BCUT2D eigenvalue weighted by molar-refractivity contribution is 5.50. The molecule has 2 aliphatic rings. The molecular weight excluding hydrogens is 290 g/mol. The molecular formula is C17H23N5O. The molecule has 1 fully saturated rings. The number of anilines is 1. The lowest BCUT2D eigenvalue weighted by molar-refractivity contribution is 0.0267. The van der Waals surface area contributed by atoms with Crippen LogP contribution in [0.5, 0.6) is 0 Å². The topological polar surface area (TPSA) is 56.1 Å². The van der Waals surface area contributed by atoms with Crippen molar-refractivity contribution < 1.29 is 4.74 Å². The van der Waals surface area contributed by atoms with Crippen molar-refractivity contribution in [2.75, 3.05) is 24.6 Å². The largest absolute Gasteiger partial charge is 0.373 e. The monoisotopic (exact) mass is 313 g/mol. The molecule has 1 aliphatic carbocycles. The first kappa shape index (κ1) is 14.6. The Labute approximate surface area is 136 Å². The van der Waals surface area contributed by atoms with E-state index in [2.05, 4.69) is 33.0 Å². The highest BCUT2D eigenvalue weighted by atomic mass is 16.5. The maximum Gasteiger partial charge on any atom is 0.135 e. The molecule has 23 heavy (non-hydrogen) atoms. The molecule has 2 aromatic heterocycles. The third kappa shape index (κ3) is 2.83. The second-order valence-electron chi connectivity index (χ2n) is 6.52. The van der Waals surface area contributed by atoms with E-state index in [1.54, 1.807) is 6.33 Å². The van der Waals surface area contributed by atoms with Gasteiger partial charge in [0.25, 0.3) is 0 Å². The Bertz CT molecular complexity index is 711. The zero-order valence-electron chi connectivity index (χ0n) is 13.8. The highest BCUT2D eigenvalue weighted by Crippen LogP contribution is 2.29. The molecule has 4 rings (SSSR count). The van der Waals surface area contributed by atoms with E-state index < -0.39 is 0 Å². The van der Waals surface area contributed by atoms with Gasteiger partial charge in [-0.25, -0.2) is 9.97 Å². The Morgan fingerprint density at radius 2 is 2.17 bits per heavy atom. The van der Waals surface area contributed by atoms with Crippen molar-refractivity contribution in [3.05, 3.63) is 35.0 Å². The molecule has 0 radical (unpaired) electrons. The zero-order valence-corrected chi connectivity index (χ0v) is 13.8. The van der Waals surface area contributed by atoms with Gasteiger partial charge in [-0.2, -0.15) is 5.10 Å². The lowest BCUT2D eigenvalue weighted by Gasteiger charge is -2.34. The molecule has 6 nitrogen and oxygen atoms in total. The van der Waals surface area contributed by atoms with Gasteiger partial charge in [0, 0.05) is 30.0 Å². The predicted molar refractivity (Wildman–Crippen MR) is 87.7 cm³/mol. The lowest BCUT2D eigenvalue weighted by Crippen LogP contribution is -2.45. The van der Waals surface area contributed by atoms with Gasteiger partial charge in [0.15, 0.2) is 0 Å². The second kappa shape index (κ2) is 5.92. The zero-order chi connectivity index (χ0) is 15.8. The van der Waals surface area contributed by atoms with E-state index >= 15 is 0 Å². The summed E-state index contributed by atoms with van der Waals surface area (Å²) < 4.78 is 8.02. The highest BCUT2D eigenvalue weighted by Gasteiger charge is 2.26. The number of hydrogen-bond donors (Lipinski definition) is 0. The van der Waals surface area contributed by atoms with Crippen molar-refractivity contribution in [2.45, 2.75) is 45.8 Å². The molecule has 0 N–H and O–H groups in total. The van der Waals surface area contributed by atoms with Crippen LogP contribution in [0.4, 0.5) is 5.82 Å². The second-order valence-corrected chi connectivity index (χ2v) is 6.52. The molecule has 0 aromatic carbocycles. The summed E-state index contributed by atoms with van der Waals surface area (Å²) in [5, 5.41) is 4.55. The van der Waals surface area contributed by atoms with Gasteiger partial charge < -0.3 is 9.64 Å². The standard InChI is InChI=1S/C17H23N5O/c1-12-8-13(2)22(20-12)10-14-9-21(6-7-23-14)17-15-4-3-5-16(15)18-11-19-17/h8,11,14H,3-7,9-10H2,1-2H3/t14-/m0/s1. The van der Waals surface area contributed by atoms with Gasteiger partial charge in [-0.1, -0.05) is 0 Å². The number of morpholine rings is 1. The van der Waals surface area contributed by atoms with E-state index in [9.17, 15) is 0 Å². The van der Waals surface area contributed by atoms with Gasteiger partial charge in [-0.3, -0.25) is 4.68 Å². The van der Waals surface area contributed by atoms with Gasteiger partial charge in [-0.05, 0) is 39.2 Å². The number of ether oxygens (including phenoxy) is 1. The van der Waals surface area contributed by atoms with Crippen LogP contribution in [0.3, 0.4) is 0 Å². The third-order valence-electron chi connectivity index (χ3n) is 4.77. The Hall–Kier alpha value is -1.95. The maximum atomic E-state index is 5.97. The fourth-order valence-corrected chi connectivity index (χ4v) is 3.69. The number of rotatable bonds is 3. The molecule has 0 bridgehead atoms. The van der Waals surface area contributed by atoms with Crippen LogP contribution in [-0.2, 0) is 24.1 Å². The van der Waals surface area contributed by atoms with E-state index in [1.165, 1.54) is 23.4 Å². The van der Waals surface area contributed by atoms with Gasteiger partial charge >= 0.3 is 0 Å². The summed E-state index contributed by atoms with van der Waals surface area (Å²) in [6, 6.07) is 2.11. The van der Waals surface area contributed by atoms with Crippen molar-refractivity contribution in [2.24, 2.45) is 0 Å². The maximum absolute atomic E-state index is 5.97. The van der Waals surface area contributed by atoms with Crippen LogP contribution in [0.1, 0.15) is 29.1 Å². The molecule has 3 heterocycles. The Balaban J connectivity index is 1.51. The smallest absolute Gasteiger partial charge is 0.135 e. The van der Waals surface area contributed by atoms with E-state index in [4.69, 9.17) is 4.74 Å². The van der Waals surface area contributed by atoms with Crippen LogP contribution in [0.15, 0.2) is 12.4 Å². The van der Waals surface area contributed by atoms with E-state index in [1.807, 2.05) is 11.6 Å². The van der Waals surface area contributed by atoms with Gasteiger partial charge in [-0.15, -0.1) is 0 Å². The van der Waals surface area contributed by atoms with E-state index in [0.717, 1.165) is 50.6 Å². The van der Waals surface area contributed by atoms with Crippen LogP contribution in [0, 0.1) is 13.8 Å².